The number of rotatable bonds is 5. The van der Waals surface area contributed by atoms with Gasteiger partial charge in [0.15, 0.2) is 0 Å². The van der Waals surface area contributed by atoms with Crippen LogP contribution in [0.5, 0.6) is 0 Å². The number of urea groups is 1. The number of benzene rings is 1. The zero-order valence-electron chi connectivity index (χ0n) is 13.3. The van der Waals surface area contributed by atoms with Gasteiger partial charge in [-0.2, -0.15) is 0 Å². The van der Waals surface area contributed by atoms with Crippen LogP contribution >= 0.6 is 0 Å². The van der Waals surface area contributed by atoms with Gasteiger partial charge in [-0.15, -0.1) is 0 Å². The van der Waals surface area contributed by atoms with Crippen LogP contribution in [0.1, 0.15) is 18.4 Å². The highest BCUT2D eigenvalue weighted by Gasteiger charge is 2.34. The van der Waals surface area contributed by atoms with Gasteiger partial charge >= 0.3 is 6.03 Å². The summed E-state index contributed by atoms with van der Waals surface area (Å²) >= 11 is 0. The van der Waals surface area contributed by atoms with E-state index in [2.05, 4.69) is 17.5 Å². The lowest BCUT2D eigenvalue weighted by Gasteiger charge is -2.17. The molecule has 1 saturated heterocycles. The largest absolute Gasteiger partial charge is 0.337 e. The van der Waals surface area contributed by atoms with E-state index in [0.717, 1.165) is 31.5 Å². The molecule has 4 nitrogen and oxygen atoms in total. The molecule has 0 bridgehead atoms. The molecule has 1 heterocycles. The topological polar surface area (TPSA) is 49.4 Å². The lowest BCUT2D eigenvalue weighted by atomic mass is 9.86. The number of carbonyl (C=O) groups excluding carboxylic acids is 1. The van der Waals surface area contributed by atoms with Crippen molar-refractivity contribution < 1.29 is 9.00 Å². The SMILES string of the molecule is O=C(NCC[S@@](=O)Cc1ccccc1)N1C[C@H]2CC=CC[C@H]2C1. The third-order valence-electron chi connectivity index (χ3n) is 4.68. The number of amides is 2. The maximum atomic E-state index is 12.2. The van der Waals surface area contributed by atoms with Gasteiger partial charge in [-0.05, 0) is 30.2 Å². The second-order valence-corrected chi connectivity index (χ2v) is 7.95. The van der Waals surface area contributed by atoms with E-state index in [0.29, 0.717) is 29.9 Å². The number of hydrogen-bond acceptors (Lipinski definition) is 2. The van der Waals surface area contributed by atoms with E-state index in [1.54, 1.807) is 0 Å². The zero-order valence-corrected chi connectivity index (χ0v) is 14.1. The van der Waals surface area contributed by atoms with E-state index in [4.69, 9.17) is 0 Å². The minimum atomic E-state index is -0.939. The molecule has 0 spiro atoms. The van der Waals surface area contributed by atoms with Crippen molar-refractivity contribution in [2.75, 3.05) is 25.4 Å². The lowest BCUT2D eigenvalue weighted by Crippen LogP contribution is -2.40. The summed E-state index contributed by atoms with van der Waals surface area (Å²) in [5.74, 6) is 2.30. The van der Waals surface area contributed by atoms with E-state index >= 15 is 0 Å². The van der Waals surface area contributed by atoms with Crippen LogP contribution in [-0.2, 0) is 16.6 Å². The fraction of sp³-hybridized carbons (Fsp3) is 0.500. The molecule has 3 rings (SSSR count). The molecule has 1 fully saturated rings. The van der Waals surface area contributed by atoms with Gasteiger partial charge in [-0.25, -0.2) is 4.79 Å². The summed E-state index contributed by atoms with van der Waals surface area (Å²) in [5, 5.41) is 2.92. The highest BCUT2D eigenvalue weighted by atomic mass is 32.2. The maximum Gasteiger partial charge on any atom is 0.317 e. The van der Waals surface area contributed by atoms with Gasteiger partial charge in [0, 0.05) is 41.9 Å². The molecule has 124 valence electrons. The van der Waals surface area contributed by atoms with Gasteiger partial charge < -0.3 is 10.2 Å². The highest BCUT2D eigenvalue weighted by Crippen LogP contribution is 2.32. The molecule has 0 saturated carbocycles. The first-order chi connectivity index (χ1) is 11.2. The van der Waals surface area contributed by atoms with Crippen LogP contribution in [0.2, 0.25) is 0 Å². The standard InChI is InChI=1S/C18H24N2O2S/c21-18(20-12-16-8-4-5-9-17(16)13-20)19-10-11-23(22)14-15-6-2-1-3-7-15/h1-7,16-17H,8-14H2,(H,19,21)/t16-,17+,23-/m1/s1. The van der Waals surface area contributed by atoms with Crippen LogP contribution in [0.15, 0.2) is 42.5 Å². The van der Waals surface area contributed by atoms with Crippen molar-refractivity contribution in [3.05, 3.63) is 48.0 Å². The number of nitrogens with one attached hydrogen (secondary N) is 1. The molecule has 5 heteroatoms. The Kier molecular flexibility index (Phi) is 5.49. The van der Waals surface area contributed by atoms with E-state index in [9.17, 15) is 9.00 Å². The van der Waals surface area contributed by atoms with Crippen LogP contribution in [0, 0.1) is 11.8 Å². The van der Waals surface area contributed by atoms with Gasteiger partial charge in [0.25, 0.3) is 0 Å². The highest BCUT2D eigenvalue weighted by molar-refractivity contribution is 7.84. The molecule has 3 atom stereocenters. The van der Waals surface area contributed by atoms with Crippen LogP contribution in [0.3, 0.4) is 0 Å². The summed E-state index contributed by atoms with van der Waals surface area (Å²) in [5.41, 5.74) is 1.08. The molecule has 23 heavy (non-hydrogen) atoms. The summed E-state index contributed by atoms with van der Waals surface area (Å²) in [7, 11) is -0.939. The summed E-state index contributed by atoms with van der Waals surface area (Å²) < 4.78 is 12.1. The number of nitrogens with zero attached hydrogens (tertiary/aromatic N) is 1. The Morgan fingerprint density at radius 2 is 1.78 bits per heavy atom. The Balaban J connectivity index is 1.37. The van der Waals surface area contributed by atoms with Gasteiger partial charge in [-0.1, -0.05) is 42.5 Å². The average Bonchev–Trinajstić information content (AvgIpc) is 3.00. The molecule has 1 N–H and O–H groups in total. The molecule has 1 aromatic carbocycles. The first-order valence-electron chi connectivity index (χ1n) is 8.29. The number of fused-ring (bicyclic) bond motifs is 1. The molecule has 1 aliphatic heterocycles. The fourth-order valence-electron chi connectivity index (χ4n) is 3.40. The van der Waals surface area contributed by atoms with Crippen molar-refractivity contribution >= 4 is 16.8 Å². The third-order valence-corrected chi connectivity index (χ3v) is 6.00. The van der Waals surface area contributed by atoms with Crippen molar-refractivity contribution in [1.29, 1.82) is 0 Å². The quantitative estimate of drug-likeness (QED) is 0.843. The molecule has 1 aliphatic carbocycles. The first kappa shape index (κ1) is 16.2. The molecule has 0 radical (unpaired) electrons. The minimum absolute atomic E-state index is 0.00360. The average molecular weight is 332 g/mol. The molecule has 0 unspecified atom stereocenters. The Morgan fingerprint density at radius 1 is 1.13 bits per heavy atom. The molecular weight excluding hydrogens is 308 g/mol. The van der Waals surface area contributed by atoms with Crippen LogP contribution in [-0.4, -0.2) is 40.5 Å². The normalized spacial score (nSPS) is 24.3. The predicted molar refractivity (Wildman–Crippen MR) is 93.5 cm³/mol. The van der Waals surface area contributed by atoms with Crippen LogP contribution in [0.25, 0.3) is 0 Å². The number of hydrogen-bond donors (Lipinski definition) is 1. The smallest absolute Gasteiger partial charge is 0.317 e. The Bertz CT molecular complexity index is 572. The van der Waals surface area contributed by atoms with Gasteiger partial charge in [0.2, 0.25) is 0 Å². The Morgan fingerprint density at radius 3 is 2.43 bits per heavy atom. The van der Waals surface area contributed by atoms with E-state index in [1.165, 1.54) is 0 Å². The zero-order chi connectivity index (χ0) is 16.1. The van der Waals surface area contributed by atoms with Crippen molar-refractivity contribution in [1.82, 2.24) is 10.2 Å². The summed E-state index contributed by atoms with van der Waals surface area (Å²) in [4.78, 5) is 14.1. The first-order valence-corrected chi connectivity index (χ1v) is 9.78. The second kappa shape index (κ2) is 7.77. The fourth-order valence-corrected chi connectivity index (χ4v) is 4.43. The number of allylic oxidation sites excluding steroid dienone is 2. The number of likely N-dealkylation sites (tertiary alicyclic amines) is 1. The van der Waals surface area contributed by atoms with Crippen molar-refractivity contribution in [2.45, 2.75) is 18.6 Å². The van der Waals surface area contributed by atoms with Gasteiger partial charge in [0.05, 0.1) is 0 Å². The molecule has 1 aromatic rings. The number of carbonyl (C=O) groups is 1. The minimum Gasteiger partial charge on any atom is -0.337 e. The summed E-state index contributed by atoms with van der Waals surface area (Å²) in [6, 6.07) is 9.82. The van der Waals surface area contributed by atoms with Gasteiger partial charge in [-0.3, -0.25) is 4.21 Å². The predicted octanol–water partition coefficient (Wildman–Crippen LogP) is 2.54. The third kappa shape index (κ3) is 4.44. The molecule has 2 aliphatic rings. The van der Waals surface area contributed by atoms with Crippen molar-refractivity contribution in [3.8, 4) is 0 Å². The summed E-state index contributed by atoms with van der Waals surface area (Å²) in [6.45, 7) is 2.18. The van der Waals surface area contributed by atoms with Crippen molar-refractivity contribution in [3.63, 3.8) is 0 Å². The monoisotopic (exact) mass is 332 g/mol. The summed E-state index contributed by atoms with van der Waals surface area (Å²) in [6.07, 6.45) is 6.65. The molecule has 2 amide bonds. The van der Waals surface area contributed by atoms with Gasteiger partial charge in [0.1, 0.15) is 0 Å². The van der Waals surface area contributed by atoms with E-state index < -0.39 is 10.8 Å². The Hall–Kier alpha value is -1.62. The Labute approximate surface area is 140 Å². The molecule has 0 aromatic heterocycles. The van der Waals surface area contributed by atoms with E-state index in [-0.39, 0.29) is 6.03 Å². The maximum absolute atomic E-state index is 12.2. The second-order valence-electron chi connectivity index (χ2n) is 6.37. The van der Waals surface area contributed by atoms with Crippen LogP contribution < -0.4 is 5.32 Å². The van der Waals surface area contributed by atoms with E-state index in [1.807, 2.05) is 35.2 Å². The molecular formula is C18H24N2O2S. The lowest BCUT2D eigenvalue weighted by molar-refractivity contribution is 0.207. The van der Waals surface area contributed by atoms with Crippen molar-refractivity contribution in [2.24, 2.45) is 11.8 Å². The van der Waals surface area contributed by atoms with Crippen LogP contribution in [0.4, 0.5) is 4.79 Å².